The molecule has 4 nitrogen and oxygen atoms in total. The van der Waals surface area contributed by atoms with Gasteiger partial charge in [0.15, 0.2) is 0 Å². The fourth-order valence-corrected chi connectivity index (χ4v) is 1.80. The second-order valence-corrected chi connectivity index (χ2v) is 4.85. The Kier molecular flexibility index (Phi) is 6.47. The molecule has 0 radical (unpaired) electrons. The van der Waals surface area contributed by atoms with E-state index in [1.165, 1.54) is 12.8 Å². The van der Waals surface area contributed by atoms with Crippen LogP contribution in [0.3, 0.4) is 0 Å². The van der Waals surface area contributed by atoms with Gasteiger partial charge < -0.3 is 9.30 Å². The van der Waals surface area contributed by atoms with Gasteiger partial charge in [0.05, 0.1) is 13.0 Å². The molecule has 1 aromatic rings. The molecule has 0 aromatic carbocycles. The van der Waals surface area contributed by atoms with E-state index >= 15 is 0 Å². The van der Waals surface area contributed by atoms with Crippen LogP contribution in [0.5, 0.6) is 0 Å². The minimum Gasteiger partial charge on any atom is -0.465 e. The summed E-state index contributed by atoms with van der Waals surface area (Å²) in [6, 6.07) is 0. The Bertz CT molecular complexity index is 360. The molecule has 0 spiro atoms. The number of hydrogen-bond acceptors (Lipinski definition) is 3. The highest BCUT2D eigenvalue weighted by molar-refractivity contribution is 5.69. The molecule has 0 fully saturated rings. The zero-order valence-corrected chi connectivity index (χ0v) is 11.7. The van der Waals surface area contributed by atoms with Crippen LogP contribution < -0.4 is 0 Å². The smallest absolute Gasteiger partial charge is 0.307 e. The van der Waals surface area contributed by atoms with Gasteiger partial charge in [-0.3, -0.25) is 4.79 Å². The summed E-state index contributed by atoms with van der Waals surface area (Å²) in [6.07, 6.45) is 7.56. The van der Waals surface area contributed by atoms with Crippen LogP contribution in [0.1, 0.15) is 45.4 Å². The van der Waals surface area contributed by atoms with Gasteiger partial charge >= 0.3 is 5.97 Å². The van der Waals surface area contributed by atoms with E-state index in [9.17, 15) is 4.79 Å². The maximum Gasteiger partial charge on any atom is 0.307 e. The molecule has 0 saturated carbocycles. The van der Waals surface area contributed by atoms with E-state index in [-0.39, 0.29) is 5.97 Å². The van der Waals surface area contributed by atoms with Crippen molar-refractivity contribution >= 4 is 5.97 Å². The Morgan fingerprint density at radius 3 is 2.94 bits per heavy atom. The first-order chi connectivity index (χ1) is 8.63. The average Bonchev–Trinajstić information content (AvgIpc) is 2.77. The number of esters is 1. The second kappa shape index (κ2) is 7.90. The maximum atomic E-state index is 11.6. The number of hydrogen-bond donors (Lipinski definition) is 0. The summed E-state index contributed by atoms with van der Waals surface area (Å²) in [7, 11) is 0. The lowest BCUT2D eigenvalue weighted by Crippen LogP contribution is -2.14. The van der Waals surface area contributed by atoms with Crippen LogP contribution in [0.4, 0.5) is 0 Å². The number of ether oxygens (including phenoxy) is 1. The molecule has 0 saturated heterocycles. The number of aromatic nitrogens is 2. The lowest BCUT2D eigenvalue weighted by molar-refractivity contribution is -0.145. The molecule has 1 rings (SSSR count). The number of imidazole rings is 1. The van der Waals surface area contributed by atoms with Crippen LogP contribution in [-0.4, -0.2) is 22.1 Å². The Balaban J connectivity index is 2.16. The van der Waals surface area contributed by atoms with Crippen molar-refractivity contribution in [3.63, 3.8) is 0 Å². The number of carbonyl (C=O) groups is 1. The quantitative estimate of drug-likeness (QED) is 0.668. The largest absolute Gasteiger partial charge is 0.465 e. The van der Waals surface area contributed by atoms with Crippen molar-refractivity contribution in [3.8, 4) is 0 Å². The van der Waals surface area contributed by atoms with E-state index < -0.39 is 0 Å². The van der Waals surface area contributed by atoms with Gasteiger partial charge in [0.25, 0.3) is 0 Å². The van der Waals surface area contributed by atoms with Crippen molar-refractivity contribution in [1.29, 1.82) is 0 Å². The Labute approximate surface area is 109 Å². The second-order valence-electron chi connectivity index (χ2n) is 4.85. The number of carbonyl (C=O) groups excluding carboxylic acids is 1. The van der Waals surface area contributed by atoms with Gasteiger partial charge in [-0.1, -0.05) is 26.7 Å². The standard InChI is InChI=1S/C14H24N2O2/c1-4-5-6-12(2)11-18-14(17)7-9-16-10-8-15-13(16)3/h8,10,12H,4-7,9,11H2,1-3H3. The zero-order chi connectivity index (χ0) is 13.4. The minimum atomic E-state index is -0.119. The van der Waals surface area contributed by atoms with Gasteiger partial charge in [0.1, 0.15) is 5.82 Å². The highest BCUT2D eigenvalue weighted by atomic mass is 16.5. The van der Waals surface area contributed by atoms with E-state index in [4.69, 9.17) is 4.74 Å². The molecule has 0 N–H and O–H groups in total. The lowest BCUT2D eigenvalue weighted by Gasteiger charge is -2.11. The number of rotatable bonds is 8. The Hall–Kier alpha value is -1.32. The first-order valence-corrected chi connectivity index (χ1v) is 6.76. The molecule has 1 unspecified atom stereocenters. The topological polar surface area (TPSA) is 44.1 Å². The van der Waals surface area contributed by atoms with Crippen LogP contribution >= 0.6 is 0 Å². The first kappa shape index (κ1) is 14.7. The van der Waals surface area contributed by atoms with Crippen LogP contribution in [0.25, 0.3) is 0 Å². The summed E-state index contributed by atoms with van der Waals surface area (Å²) in [6.45, 7) is 7.42. The van der Waals surface area contributed by atoms with Crippen molar-refractivity contribution < 1.29 is 9.53 Å². The molecule has 0 amide bonds. The van der Waals surface area contributed by atoms with Gasteiger partial charge in [-0.2, -0.15) is 0 Å². The Morgan fingerprint density at radius 1 is 1.56 bits per heavy atom. The number of unbranched alkanes of at least 4 members (excludes halogenated alkanes) is 1. The fraction of sp³-hybridized carbons (Fsp3) is 0.714. The predicted octanol–water partition coefficient (Wildman–Crippen LogP) is 2.95. The summed E-state index contributed by atoms with van der Waals surface area (Å²) < 4.78 is 7.23. The molecule has 1 heterocycles. The van der Waals surface area contributed by atoms with E-state index in [1.807, 2.05) is 17.7 Å². The van der Waals surface area contributed by atoms with Gasteiger partial charge in [-0.05, 0) is 19.3 Å². The molecule has 1 aromatic heterocycles. The summed E-state index contributed by atoms with van der Waals surface area (Å²) >= 11 is 0. The third-order valence-electron chi connectivity index (χ3n) is 3.06. The Morgan fingerprint density at radius 2 is 2.33 bits per heavy atom. The first-order valence-electron chi connectivity index (χ1n) is 6.76. The van der Waals surface area contributed by atoms with E-state index in [2.05, 4.69) is 18.8 Å². The fourth-order valence-electron chi connectivity index (χ4n) is 1.80. The third kappa shape index (κ3) is 5.34. The number of nitrogens with zero attached hydrogens (tertiary/aromatic N) is 2. The van der Waals surface area contributed by atoms with Crippen molar-refractivity contribution in [2.75, 3.05) is 6.61 Å². The number of aryl methyl sites for hydroxylation is 2. The van der Waals surface area contributed by atoms with Crippen LogP contribution in [-0.2, 0) is 16.1 Å². The van der Waals surface area contributed by atoms with E-state index in [1.54, 1.807) is 6.20 Å². The molecule has 0 aliphatic heterocycles. The lowest BCUT2D eigenvalue weighted by atomic mass is 10.1. The van der Waals surface area contributed by atoms with Gasteiger partial charge in [0, 0.05) is 18.9 Å². The summed E-state index contributed by atoms with van der Waals surface area (Å²) in [4.78, 5) is 15.7. The van der Waals surface area contributed by atoms with Crippen molar-refractivity contribution in [2.24, 2.45) is 5.92 Å². The van der Waals surface area contributed by atoms with Gasteiger partial charge in [0.2, 0.25) is 0 Å². The average molecular weight is 252 g/mol. The summed E-state index contributed by atoms with van der Waals surface area (Å²) in [5.74, 6) is 1.27. The summed E-state index contributed by atoms with van der Waals surface area (Å²) in [5, 5.41) is 0. The zero-order valence-electron chi connectivity index (χ0n) is 11.7. The van der Waals surface area contributed by atoms with Crippen molar-refractivity contribution in [3.05, 3.63) is 18.2 Å². The third-order valence-corrected chi connectivity index (χ3v) is 3.06. The van der Waals surface area contributed by atoms with Gasteiger partial charge in [-0.15, -0.1) is 0 Å². The molecule has 102 valence electrons. The highest BCUT2D eigenvalue weighted by Gasteiger charge is 2.08. The molecule has 4 heteroatoms. The van der Waals surface area contributed by atoms with E-state index in [0.29, 0.717) is 25.5 Å². The molecular weight excluding hydrogens is 228 g/mol. The van der Waals surface area contributed by atoms with Crippen molar-refractivity contribution in [1.82, 2.24) is 9.55 Å². The SMILES string of the molecule is CCCCC(C)COC(=O)CCn1ccnc1C. The summed E-state index contributed by atoms with van der Waals surface area (Å²) in [5.41, 5.74) is 0. The molecular formula is C14H24N2O2. The normalized spacial score (nSPS) is 12.4. The van der Waals surface area contributed by atoms with Crippen LogP contribution in [0.15, 0.2) is 12.4 Å². The molecule has 0 aliphatic rings. The molecule has 1 atom stereocenters. The van der Waals surface area contributed by atoms with Gasteiger partial charge in [-0.25, -0.2) is 4.98 Å². The van der Waals surface area contributed by atoms with Crippen molar-refractivity contribution in [2.45, 2.75) is 53.0 Å². The van der Waals surface area contributed by atoms with Crippen LogP contribution in [0.2, 0.25) is 0 Å². The van der Waals surface area contributed by atoms with Crippen LogP contribution in [0, 0.1) is 12.8 Å². The molecule has 0 bridgehead atoms. The molecule has 0 aliphatic carbocycles. The maximum absolute atomic E-state index is 11.6. The molecule has 18 heavy (non-hydrogen) atoms. The highest BCUT2D eigenvalue weighted by Crippen LogP contribution is 2.08. The predicted molar refractivity (Wildman–Crippen MR) is 71.2 cm³/mol. The van der Waals surface area contributed by atoms with E-state index in [0.717, 1.165) is 12.2 Å². The minimum absolute atomic E-state index is 0.119. The monoisotopic (exact) mass is 252 g/mol.